The summed E-state index contributed by atoms with van der Waals surface area (Å²) in [5, 5.41) is 8.79. The van der Waals surface area contributed by atoms with E-state index >= 15 is 0 Å². The minimum absolute atomic E-state index is 0.156. The molecule has 0 spiro atoms. The lowest BCUT2D eigenvalue weighted by molar-refractivity contribution is -0.137. The van der Waals surface area contributed by atoms with Crippen LogP contribution in [0.2, 0.25) is 0 Å². The normalized spacial score (nSPS) is 20.5. The summed E-state index contributed by atoms with van der Waals surface area (Å²) < 4.78 is 2.09. The number of carbonyl (C=O) groups is 1. The highest BCUT2D eigenvalue weighted by atomic mass is 16.4. The summed E-state index contributed by atoms with van der Waals surface area (Å²) in [4.78, 5) is 14.9. The van der Waals surface area contributed by atoms with Crippen molar-refractivity contribution in [3.8, 4) is 0 Å². The van der Waals surface area contributed by atoms with E-state index in [-0.39, 0.29) is 12.3 Å². The second kappa shape index (κ2) is 3.44. The maximum atomic E-state index is 10.7. The van der Waals surface area contributed by atoms with Crippen molar-refractivity contribution >= 4 is 5.97 Å². The summed E-state index contributed by atoms with van der Waals surface area (Å²) in [5.41, 5.74) is 2.11. The fraction of sp³-hybridized carbons (Fsp3) is 0.600. The number of aryl methyl sites for hydroxylation is 2. The topological polar surface area (TPSA) is 55.1 Å². The summed E-state index contributed by atoms with van der Waals surface area (Å²) in [7, 11) is 0. The molecule has 1 atom stereocenters. The Morgan fingerprint density at radius 3 is 3.29 bits per heavy atom. The Balaban J connectivity index is 2.29. The fourth-order valence-corrected chi connectivity index (χ4v) is 2.25. The molecule has 4 heteroatoms. The average Bonchev–Trinajstić information content (AvgIpc) is 2.48. The van der Waals surface area contributed by atoms with Gasteiger partial charge in [0.2, 0.25) is 0 Å². The molecule has 1 N–H and O–H groups in total. The van der Waals surface area contributed by atoms with Gasteiger partial charge >= 0.3 is 5.97 Å². The monoisotopic (exact) mass is 194 g/mol. The summed E-state index contributed by atoms with van der Waals surface area (Å²) in [6.45, 7) is 2.93. The van der Waals surface area contributed by atoms with Gasteiger partial charge in [-0.15, -0.1) is 0 Å². The van der Waals surface area contributed by atoms with Gasteiger partial charge in [-0.2, -0.15) is 0 Å². The van der Waals surface area contributed by atoms with Crippen molar-refractivity contribution in [3.05, 3.63) is 17.7 Å². The lowest BCUT2D eigenvalue weighted by Crippen LogP contribution is -2.18. The number of imidazole rings is 1. The molecular formula is C10H14N2O2. The summed E-state index contributed by atoms with van der Waals surface area (Å²) in [6.07, 6.45) is 4.07. The average molecular weight is 194 g/mol. The third-order valence-electron chi connectivity index (χ3n) is 2.83. The van der Waals surface area contributed by atoms with Crippen LogP contribution in [-0.4, -0.2) is 20.6 Å². The largest absolute Gasteiger partial charge is 0.481 e. The first-order valence-corrected chi connectivity index (χ1v) is 4.92. The molecule has 1 unspecified atom stereocenters. The predicted octanol–water partition coefficient (Wildman–Crippen LogP) is 1.54. The van der Waals surface area contributed by atoms with E-state index in [1.807, 2.05) is 13.3 Å². The lowest BCUT2D eigenvalue weighted by Gasteiger charge is -2.23. The van der Waals surface area contributed by atoms with E-state index in [1.54, 1.807) is 0 Å². The molecule has 0 bridgehead atoms. The van der Waals surface area contributed by atoms with E-state index < -0.39 is 5.97 Å². The fourth-order valence-electron chi connectivity index (χ4n) is 2.25. The zero-order valence-electron chi connectivity index (χ0n) is 8.23. The van der Waals surface area contributed by atoms with Gasteiger partial charge in [-0.25, -0.2) is 4.98 Å². The quantitative estimate of drug-likeness (QED) is 0.777. The number of nitrogens with zero attached hydrogens (tertiary/aromatic N) is 2. The van der Waals surface area contributed by atoms with Gasteiger partial charge in [-0.05, 0) is 19.8 Å². The number of carboxylic acids is 1. The Labute approximate surface area is 82.6 Å². The van der Waals surface area contributed by atoms with Gasteiger partial charge in [-0.3, -0.25) is 4.79 Å². The van der Waals surface area contributed by atoms with Crippen molar-refractivity contribution in [2.75, 3.05) is 0 Å². The molecule has 1 aromatic heterocycles. The molecule has 4 nitrogen and oxygen atoms in total. The van der Waals surface area contributed by atoms with Gasteiger partial charge < -0.3 is 9.67 Å². The molecule has 76 valence electrons. The molecule has 1 aromatic rings. The van der Waals surface area contributed by atoms with Crippen LogP contribution in [0.4, 0.5) is 0 Å². The molecule has 0 aromatic carbocycles. The molecule has 2 heterocycles. The van der Waals surface area contributed by atoms with Crippen LogP contribution in [0.5, 0.6) is 0 Å². The molecule has 14 heavy (non-hydrogen) atoms. The molecule has 0 saturated carbocycles. The van der Waals surface area contributed by atoms with E-state index in [2.05, 4.69) is 9.55 Å². The van der Waals surface area contributed by atoms with Crippen molar-refractivity contribution in [3.63, 3.8) is 0 Å². The molecule has 1 aliphatic rings. The first-order valence-electron chi connectivity index (χ1n) is 4.92. The van der Waals surface area contributed by atoms with Gasteiger partial charge in [0.1, 0.15) is 0 Å². The van der Waals surface area contributed by atoms with Crippen molar-refractivity contribution < 1.29 is 9.90 Å². The number of fused-ring (bicyclic) bond motifs is 1. The summed E-state index contributed by atoms with van der Waals surface area (Å²) >= 11 is 0. The van der Waals surface area contributed by atoms with Crippen LogP contribution < -0.4 is 0 Å². The Morgan fingerprint density at radius 2 is 2.57 bits per heavy atom. The van der Waals surface area contributed by atoms with Gasteiger partial charge in [0, 0.05) is 18.2 Å². The second-order valence-corrected chi connectivity index (χ2v) is 3.85. The first-order chi connectivity index (χ1) is 6.68. The van der Waals surface area contributed by atoms with Crippen LogP contribution in [-0.2, 0) is 11.3 Å². The first kappa shape index (κ1) is 9.24. The van der Waals surface area contributed by atoms with Gasteiger partial charge in [0.25, 0.3) is 0 Å². The molecule has 2 rings (SSSR count). The standard InChI is InChI=1S/C10H14N2O2/c1-7-10-8(5-9(13)14)3-2-4-12(10)6-11-7/h6,8H,2-5H2,1H3,(H,13,14). The van der Waals surface area contributed by atoms with Crippen molar-refractivity contribution in [1.82, 2.24) is 9.55 Å². The molecule has 0 fully saturated rings. The van der Waals surface area contributed by atoms with Crippen LogP contribution in [0.25, 0.3) is 0 Å². The van der Waals surface area contributed by atoms with Crippen LogP contribution in [0.1, 0.15) is 36.6 Å². The second-order valence-electron chi connectivity index (χ2n) is 3.85. The highest BCUT2D eigenvalue weighted by molar-refractivity contribution is 5.68. The number of aliphatic carboxylic acids is 1. The number of hydrogen-bond acceptors (Lipinski definition) is 2. The number of rotatable bonds is 2. The molecular weight excluding hydrogens is 180 g/mol. The SMILES string of the molecule is Cc1ncn2c1C(CC(=O)O)CCC2. The predicted molar refractivity (Wildman–Crippen MR) is 51.2 cm³/mol. The van der Waals surface area contributed by atoms with Crippen LogP contribution >= 0.6 is 0 Å². The minimum Gasteiger partial charge on any atom is -0.481 e. The van der Waals surface area contributed by atoms with E-state index in [4.69, 9.17) is 5.11 Å². The van der Waals surface area contributed by atoms with Crippen LogP contribution in [0.3, 0.4) is 0 Å². The lowest BCUT2D eigenvalue weighted by atomic mass is 9.91. The van der Waals surface area contributed by atoms with E-state index in [1.165, 1.54) is 0 Å². The van der Waals surface area contributed by atoms with Crippen molar-refractivity contribution in [1.29, 1.82) is 0 Å². The Hall–Kier alpha value is -1.32. The highest BCUT2D eigenvalue weighted by Crippen LogP contribution is 2.31. The van der Waals surface area contributed by atoms with E-state index in [0.717, 1.165) is 30.8 Å². The number of hydrogen-bond donors (Lipinski definition) is 1. The van der Waals surface area contributed by atoms with Crippen molar-refractivity contribution in [2.24, 2.45) is 0 Å². The Morgan fingerprint density at radius 1 is 1.79 bits per heavy atom. The maximum absolute atomic E-state index is 10.7. The smallest absolute Gasteiger partial charge is 0.304 e. The minimum atomic E-state index is -0.718. The van der Waals surface area contributed by atoms with Crippen LogP contribution in [0.15, 0.2) is 6.33 Å². The van der Waals surface area contributed by atoms with Crippen LogP contribution in [0, 0.1) is 6.92 Å². The Bertz CT molecular complexity index is 357. The number of carboxylic acid groups (broad SMARTS) is 1. The zero-order valence-corrected chi connectivity index (χ0v) is 8.23. The number of aromatic nitrogens is 2. The molecule has 1 aliphatic heterocycles. The molecule has 0 radical (unpaired) electrons. The molecule has 0 amide bonds. The highest BCUT2D eigenvalue weighted by Gasteiger charge is 2.24. The third kappa shape index (κ3) is 1.52. The molecule has 0 saturated heterocycles. The van der Waals surface area contributed by atoms with E-state index in [0.29, 0.717) is 0 Å². The van der Waals surface area contributed by atoms with Gasteiger partial charge in [-0.1, -0.05) is 0 Å². The van der Waals surface area contributed by atoms with Gasteiger partial charge in [0.05, 0.1) is 18.4 Å². The summed E-state index contributed by atoms with van der Waals surface area (Å²) in [5.74, 6) is -0.562. The Kier molecular flexibility index (Phi) is 2.27. The zero-order chi connectivity index (χ0) is 10.1. The van der Waals surface area contributed by atoms with Crippen molar-refractivity contribution in [2.45, 2.75) is 38.6 Å². The maximum Gasteiger partial charge on any atom is 0.304 e. The molecule has 0 aliphatic carbocycles. The van der Waals surface area contributed by atoms with E-state index in [9.17, 15) is 4.79 Å². The van der Waals surface area contributed by atoms with Gasteiger partial charge in [0.15, 0.2) is 0 Å². The summed E-state index contributed by atoms with van der Waals surface area (Å²) in [6, 6.07) is 0. The third-order valence-corrected chi connectivity index (χ3v) is 2.83.